The van der Waals surface area contributed by atoms with E-state index in [4.69, 9.17) is 25.8 Å². The van der Waals surface area contributed by atoms with Crippen LogP contribution in [0.1, 0.15) is 27.6 Å². The lowest BCUT2D eigenvalue weighted by Gasteiger charge is -2.10. The normalized spacial score (nSPS) is 10.1. The van der Waals surface area contributed by atoms with E-state index in [1.165, 1.54) is 12.3 Å². The van der Waals surface area contributed by atoms with Gasteiger partial charge < -0.3 is 14.2 Å². The lowest BCUT2D eigenvalue weighted by molar-refractivity contribution is 0.0263. The summed E-state index contributed by atoms with van der Waals surface area (Å²) in [6.07, 6.45) is 1.47. The molecule has 0 saturated carbocycles. The van der Waals surface area contributed by atoms with Gasteiger partial charge in [-0.1, -0.05) is 23.7 Å². The maximum Gasteiger partial charge on any atom is 0.342 e. The quantitative estimate of drug-likeness (QED) is 0.434. The number of esters is 2. The molecule has 0 aliphatic carbocycles. The topological polar surface area (TPSA) is 74.7 Å². The molecule has 2 aromatic rings. The molecule has 0 fully saturated rings. The second-order valence-electron chi connectivity index (χ2n) is 4.54. The Hall–Kier alpha value is -2.60. The van der Waals surface area contributed by atoms with E-state index in [0.29, 0.717) is 17.9 Å². The minimum atomic E-state index is -0.626. The molecule has 126 valence electrons. The van der Waals surface area contributed by atoms with E-state index < -0.39 is 11.9 Å². The molecule has 0 atom stereocenters. The number of rotatable bonds is 7. The number of para-hydroxylation sites is 1. The highest BCUT2D eigenvalue weighted by Crippen LogP contribution is 2.19. The number of carbonyl (C=O) groups is 2. The predicted octanol–water partition coefficient (Wildman–Crippen LogP) is 3.15. The van der Waals surface area contributed by atoms with Crippen molar-refractivity contribution in [2.75, 3.05) is 19.8 Å². The first-order valence-electron chi connectivity index (χ1n) is 7.30. The predicted molar refractivity (Wildman–Crippen MR) is 87.4 cm³/mol. The third-order valence-electron chi connectivity index (χ3n) is 2.94. The summed E-state index contributed by atoms with van der Waals surface area (Å²) in [4.78, 5) is 27.6. The van der Waals surface area contributed by atoms with Crippen LogP contribution >= 0.6 is 11.6 Å². The number of pyridine rings is 1. The van der Waals surface area contributed by atoms with Crippen LogP contribution in [0.5, 0.6) is 5.75 Å². The first-order chi connectivity index (χ1) is 11.6. The van der Waals surface area contributed by atoms with Gasteiger partial charge >= 0.3 is 11.9 Å². The number of halogens is 1. The van der Waals surface area contributed by atoms with Gasteiger partial charge in [-0.3, -0.25) is 0 Å². The summed E-state index contributed by atoms with van der Waals surface area (Å²) in [5.41, 5.74) is 0.480. The van der Waals surface area contributed by atoms with E-state index >= 15 is 0 Å². The lowest BCUT2D eigenvalue weighted by Crippen LogP contribution is -2.15. The van der Waals surface area contributed by atoms with Crippen LogP contribution in [-0.2, 0) is 9.47 Å². The molecule has 0 unspecified atom stereocenters. The van der Waals surface area contributed by atoms with Crippen LogP contribution < -0.4 is 4.74 Å². The highest BCUT2D eigenvalue weighted by Gasteiger charge is 2.15. The molecule has 1 heterocycles. The second kappa shape index (κ2) is 8.88. The van der Waals surface area contributed by atoms with Crippen LogP contribution in [0.15, 0.2) is 42.6 Å². The Balaban J connectivity index is 1.83. The van der Waals surface area contributed by atoms with Crippen LogP contribution in [-0.4, -0.2) is 36.7 Å². The van der Waals surface area contributed by atoms with Crippen molar-refractivity contribution < 1.29 is 23.8 Å². The van der Waals surface area contributed by atoms with E-state index in [2.05, 4.69) is 4.98 Å². The van der Waals surface area contributed by atoms with Crippen molar-refractivity contribution in [1.29, 1.82) is 0 Å². The fourth-order valence-electron chi connectivity index (χ4n) is 1.88. The number of aromatic nitrogens is 1. The summed E-state index contributed by atoms with van der Waals surface area (Å²) >= 11 is 5.80. The standard InChI is InChI=1S/C17H16ClNO5/c1-2-22-14-8-4-3-6-12(14)16(20)23-10-11-24-17(21)13-7-5-9-19-15(13)18/h3-9H,2,10-11H2,1H3. The molecule has 2 rings (SSSR count). The molecule has 0 radical (unpaired) electrons. The zero-order valence-corrected chi connectivity index (χ0v) is 13.8. The van der Waals surface area contributed by atoms with Crippen molar-refractivity contribution in [3.05, 3.63) is 58.9 Å². The summed E-state index contributed by atoms with van der Waals surface area (Å²) in [5.74, 6) is -0.725. The molecule has 1 aromatic heterocycles. The number of carbonyl (C=O) groups excluding carboxylic acids is 2. The maximum absolute atomic E-state index is 12.0. The van der Waals surface area contributed by atoms with E-state index in [0.717, 1.165) is 0 Å². The largest absolute Gasteiger partial charge is 0.493 e. The summed E-state index contributed by atoms with van der Waals surface area (Å²) in [6, 6.07) is 9.85. The Labute approximate surface area is 144 Å². The summed E-state index contributed by atoms with van der Waals surface area (Å²) < 4.78 is 15.5. The van der Waals surface area contributed by atoms with E-state index in [1.807, 2.05) is 6.92 Å². The van der Waals surface area contributed by atoms with E-state index in [1.54, 1.807) is 30.3 Å². The summed E-state index contributed by atoms with van der Waals surface area (Å²) in [7, 11) is 0. The van der Waals surface area contributed by atoms with Crippen molar-refractivity contribution in [3.8, 4) is 5.75 Å². The van der Waals surface area contributed by atoms with Gasteiger partial charge in [0.2, 0.25) is 0 Å². The fraction of sp³-hybridized carbons (Fsp3) is 0.235. The fourth-order valence-corrected chi connectivity index (χ4v) is 2.08. The average Bonchev–Trinajstić information content (AvgIpc) is 2.59. The van der Waals surface area contributed by atoms with E-state index in [-0.39, 0.29) is 23.9 Å². The molecule has 0 amide bonds. The van der Waals surface area contributed by atoms with Crippen molar-refractivity contribution in [2.24, 2.45) is 0 Å². The molecule has 6 nitrogen and oxygen atoms in total. The van der Waals surface area contributed by atoms with Crippen molar-refractivity contribution >= 4 is 23.5 Å². The second-order valence-corrected chi connectivity index (χ2v) is 4.90. The number of hydrogen-bond donors (Lipinski definition) is 0. The van der Waals surface area contributed by atoms with Gasteiger partial charge in [0.15, 0.2) is 0 Å². The Morgan fingerprint density at radius 1 is 1.00 bits per heavy atom. The summed E-state index contributed by atoms with van der Waals surface area (Å²) in [6.45, 7) is 2.09. The van der Waals surface area contributed by atoms with Crippen LogP contribution in [0.2, 0.25) is 5.15 Å². The molecule has 0 aliphatic heterocycles. The molecule has 7 heteroatoms. The van der Waals surface area contributed by atoms with Crippen molar-refractivity contribution in [2.45, 2.75) is 6.92 Å². The number of nitrogens with zero attached hydrogens (tertiary/aromatic N) is 1. The Morgan fingerprint density at radius 3 is 2.29 bits per heavy atom. The molecule has 24 heavy (non-hydrogen) atoms. The van der Waals surface area contributed by atoms with Gasteiger partial charge in [-0.25, -0.2) is 14.6 Å². The minimum Gasteiger partial charge on any atom is -0.493 e. The van der Waals surface area contributed by atoms with Crippen molar-refractivity contribution in [3.63, 3.8) is 0 Å². The maximum atomic E-state index is 12.0. The smallest absolute Gasteiger partial charge is 0.342 e. The molecular formula is C17H16ClNO5. The first-order valence-corrected chi connectivity index (χ1v) is 7.68. The number of ether oxygens (including phenoxy) is 3. The van der Waals surface area contributed by atoms with Crippen LogP contribution in [0, 0.1) is 0 Å². The third-order valence-corrected chi connectivity index (χ3v) is 3.24. The highest BCUT2D eigenvalue weighted by molar-refractivity contribution is 6.32. The van der Waals surface area contributed by atoms with Crippen LogP contribution in [0.4, 0.5) is 0 Å². The van der Waals surface area contributed by atoms with Gasteiger partial charge in [-0.15, -0.1) is 0 Å². The molecule has 0 aliphatic rings. The highest BCUT2D eigenvalue weighted by atomic mass is 35.5. The lowest BCUT2D eigenvalue weighted by atomic mass is 10.2. The number of hydrogen-bond acceptors (Lipinski definition) is 6. The molecule has 0 saturated heterocycles. The third kappa shape index (κ3) is 4.70. The molecule has 0 N–H and O–H groups in total. The van der Waals surface area contributed by atoms with Crippen LogP contribution in [0.25, 0.3) is 0 Å². The minimum absolute atomic E-state index is 0.0603. The Kier molecular flexibility index (Phi) is 6.57. The zero-order valence-electron chi connectivity index (χ0n) is 13.0. The first kappa shape index (κ1) is 17.7. The Bertz CT molecular complexity index is 720. The van der Waals surface area contributed by atoms with Gasteiger partial charge in [0.25, 0.3) is 0 Å². The van der Waals surface area contributed by atoms with Gasteiger partial charge in [-0.05, 0) is 31.2 Å². The zero-order chi connectivity index (χ0) is 17.4. The van der Waals surface area contributed by atoms with Gasteiger partial charge in [0.1, 0.15) is 29.7 Å². The monoisotopic (exact) mass is 349 g/mol. The van der Waals surface area contributed by atoms with Gasteiger partial charge in [-0.2, -0.15) is 0 Å². The van der Waals surface area contributed by atoms with Crippen LogP contribution in [0.3, 0.4) is 0 Å². The van der Waals surface area contributed by atoms with E-state index in [9.17, 15) is 9.59 Å². The molecule has 1 aromatic carbocycles. The van der Waals surface area contributed by atoms with Gasteiger partial charge in [0.05, 0.1) is 12.2 Å². The average molecular weight is 350 g/mol. The SMILES string of the molecule is CCOc1ccccc1C(=O)OCCOC(=O)c1cccnc1Cl. The molecule has 0 spiro atoms. The molecular weight excluding hydrogens is 334 g/mol. The number of benzene rings is 1. The van der Waals surface area contributed by atoms with Gasteiger partial charge in [0, 0.05) is 6.20 Å². The summed E-state index contributed by atoms with van der Waals surface area (Å²) in [5, 5.41) is 0.0603. The Morgan fingerprint density at radius 2 is 1.62 bits per heavy atom. The molecule has 0 bridgehead atoms. The van der Waals surface area contributed by atoms with Crippen molar-refractivity contribution in [1.82, 2.24) is 4.98 Å².